The molecule has 1 spiro atoms. The van der Waals surface area contributed by atoms with E-state index in [1.54, 1.807) is 22.7 Å². The minimum absolute atomic E-state index is 0.571. The Bertz CT molecular complexity index is 948. The minimum atomic E-state index is -5.08. The molecule has 0 saturated carbocycles. The molecule has 2 fully saturated rings. The summed E-state index contributed by atoms with van der Waals surface area (Å²) in [5.41, 5.74) is 3.30. The van der Waals surface area contributed by atoms with Gasteiger partial charge in [0, 0.05) is 43.5 Å². The maximum Gasteiger partial charge on any atom is 0.490 e. The summed E-state index contributed by atoms with van der Waals surface area (Å²) in [6, 6.07) is 2.25. The molecular formula is C20H23F6N3O4S2. The Morgan fingerprint density at radius 2 is 1.54 bits per heavy atom. The number of alkyl halides is 6. The van der Waals surface area contributed by atoms with Crippen molar-refractivity contribution < 1.29 is 46.1 Å². The number of aliphatic carboxylic acids is 2. The van der Waals surface area contributed by atoms with Crippen LogP contribution in [0.3, 0.4) is 0 Å². The summed E-state index contributed by atoms with van der Waals surface area (Å²) in [6.45, 7) is 9.30. The van der Waals surface area contributed by atoms with Crippen molar-refractivity contribution in [3.8, 4) is 0 Å². The molecule has 0 aliphatic carbocycles. The van der Waals surface area contributed by atoms with Gasteiger partial charge in [-0.15, -0.1) is 11.3 Å². The Hall–Kier alpha value is -2.23. The number of aryl methyl sites for hydroxylation is 1. The highest BCUT2D eigenvalue weighted by Crippen LogP contribution is 2.40. The summed E-state index contributed by atoms with van der Waals surface area (Å²) in [6.07, 6.45) is -8.81. The van der Waals surface area contributed by atoms with Crippen LogP contribution in [0.4, 0.5) is 26.3 Å². The second kappa shape index (κ2) is 11.7. The van der Waals surface area contributed by atoms with Gasteiger partial charge < -0.3 is 10.2 Å². The third-order valence-corrected chi connectivity index (χ3v) is 6.71. The zero-order chi connectivity index (χ0) is 26.4. The fraction of sp³-hybridized carbons (Fsp3) is 0.550. The van der Waals surface area contributed by atoms with E-state index in [0.717, 1.165) is 13.1 Å². The molecule has 2 aromatic rings. The molecule has 2 aliphatic rings. The standard InChI is InChI=1S/C16H21N3S2.2C2HF3O2/c1-13-17-15(9-21-13)7-18-4-3-16(10-18)11-19(12-16)6-14-2-5-20-8-14;2*3-2(4,5)1(6)7/h2,5,8-9H,3-4,6-7,10-12H2,1H3;2*(H,6,7). The van der Waals surface area contributed by atoms with Gasteiger partial charge in [-0.25, -0.2) is 14.6 Å². The first kappa shape index (κ1) is 29.0. The zero-order valence-corrected chi connectivity index (χ0v) is 20.0. The molecule has 0 unspecified atom stereocenters. The Kier molecular flexibility index (Phi) is 9.67. The smallest absolute Gasteiger partial charge is 0.475 e. The van der Waals surface area contributed by atoms with Crippen LogP contribution in [-0.4, -0.2) is 75.5 Å². The zero-order valence-electron chi connectivity index (χ0n) is 18.4. The van der Waals surface area contributed by atoms with Crippen molar-refractivity contribution in [1.29, 1.82) is 0 Å². The number of halogens is 6. The largest absolute Gasteiger partial charge is 0.490 e. The highest BCUT2D eigenvalue weighted by atomic mass is 32.1. The number of hydrogen-bond donors (Lipinski definition) is 2. The maximum atomic E-state index is 10.6. The molecule has 196 valence electrons. The topological polar surface area (TPSA) is 94.0 Å². The van der Waals surface area contributed by atoms with Crippen molar-refractivity contribution in [2.24, 2.45) is 5.41 Å². The van der Waals surface area contributed by atoms with Crippen molar-refractivity contribution in [3.63, 3.8) is 0 Å². The summed E-state index contributed by atoms with van der Waals surface area (Å²) in [5, 5.41) is 22.1. The lowest BCUT2D eigenvalue weighted by molar-refractivity contribution is -0.193. The second-order valence-electron chi connectivity index (χ2n) is 8.20. The first-order valence-corrected chi connectivity index (χ1v) is 11.9. The van der Waals surface area contributed by atoms with Gasteiger partial charge in [-0.1, -0.05) is 0 Å². The van der Waals surface area contributed by atoms with E-state index >= 15 is 0 Å². The summed E-state index contributed by atoms with van der Waals surface area (Å²) in [4.78, 5) is 27.6. The van der Waals surface area contributed by atoms with Crippen LogP contribution in [-0.2, 0) is 22.7 Å². The number of carbonyl (C=O) groups is 2. The molecule has 2 aliphatic heterocycles. The van der Waals surface area contributed by atoms with Crippen molar-refractivity contribution in [2.45, 2.75) is 38.8 Å². The molecule has 35 heavy (non-hydrogen) atoms. The average molecular weight is 548 g/mol. The third-order valence-electron chi connectivity index (χ3n) is 5.16. The van der Waals surface area contributed by atoms with Gasteiger partial charge in [0.15, 0.2) is 0 Å². The molecule has 0 radical (unpaired) electrons. The number of rotatable bonds is 4. The molecule has 2 N–H and O–H groups in total. The van der Waals surface area contributed by atoms with E-state index in [0.29, 0.717) is 5.41 Å². The van der Waals surface area contributed by atoms with E-state index in [-0.39, 0.29) is 0 Å². The Balaban J connectivity index is 0.000000257. The molecular weight excluding hydrogens is 524 g/mol. The molecule has 15 heteroatoms. The molecule has 7 nitrogen and oxygen atoms in total. The second-order valence-corrected chi connectivity index (χ2v) is 10.0. The highest BCUT2D eigenvalue weighted by molar-refractivity contribution is 7.09. The highest BCUT2D eigenvalue weighted by Gasteiger charge is 2.47. The molecule has 0 atom stereocenters. The molecule has 0 aromatic carbocycles. The van der Waals surface area contributed by atoms with Crippen LogP contribution in [0.25, 0.3) is 0 Å². The molecule has 2 saturated heterocycles. The van der Waals surface area contributed by atoms with Gasteiger partial charge in [0.1, 0.15) is 0 Å². The van der Waals surface area contributed by atoms with Crippen molar-refractivity contribution >= 4 is 34.6 Å². The third kappa shape index (κ3) is 9.39. The first-order valence-electron chi connectivity index (χ1n) is 10.1. The molecule has 0 amide bonds. The van der Waals surface area contributed by atoms with Gasteiger partial charge in [0.2, 0.25) is 0 Å². The number of likely N-dealkylation sites (tertiary alicyclic amines) is 2. The van der Waals surface area contributed by atoms with Crippen LogP contribution in [0, 0.1) is 12.3 Å². The van der Waals surface area contributed by atoms with E-state index in [1.807, 2.05) is 0 Å². The maximum absolute atomic E-state index is 10.6. The summed E-state index contributed by atoms with van der Waals surface area (Å²) in [5.74, 6) is -5.51. The number of carboxylic acid groups (broad SMARTS) is 2. The minimum Gasteiger partial charge on any atom is -0.475 e. The predicted octanol–water partition coefficient (Wildman–Crippen LogP) is 4.49. The van der Waals surface area contributed by atoms with E-state index in [2.05, 4.69) is 43.9 Å². The van der Waals surface area contributed by atoms with Gasteiger partial charge in [0.05, 0.1) is 10.7 Å². The Labute approximate surface area is 204 Å². The molecule has 0 bridgehead atoms. The van der Waals surface area contributed by atoms with Gasteiger partial charge in [0.25, 0.3) is 0 Å². The van der Waals surface area contributed by atoms with E-state index in [9.17, 15) is 26.3 Å². The number of thiazole rings is 1. The van der Waals surface area contributed by atoms with Crippen LogP contribution in [0.2, 0.25) is 0 Å². The SMILES string of the molecule is Cc1nc(CN2CCC3(C2)CN(Cc2ccsc2)C3)cs1.O=C(O)C(F)(F)F.O=C(O)C(F)(F)F. The lowest BCUT2D eigenvalue weighted by Gasteiger charge is -2.48. The van der Waals surface area contributed by atoms with Crippen LogP contribution >= 0.6 is 22.7 Å². The van der Waals surface area contributed by atoms with Crippen molar-refractivity contribution in [3.05, 3.63) is 38.5 Å². The number of carboxylic acids is 2. The van der Waals surface area contributed by atoms with Crippen molar-refractivity contribution in [1.82, 2.24) is 14.8 Å². The monoisotopic (exact) mass is 547 g/mol. The number of thiophene rings is 1. The molecule has 4 rings (SSSR count). The van der Waals surface area contributed by atoms with E-state index < -0.39 is 24.3 Å². The number of hydrogen-bond acceptors (Lipinski definition) is 7. The van der Waals surface area contributed by atoms with Crippen molar-refractivity contribution in [2.75, 3.05) is 26.2 Å². The fourth-order valence-electron chi connectivity index (χ4n) is 3.79. The fourth-order valence-corrected chi connectivity index (χ4v) is 5.05. The van der Waals surface area contributed by atoms with Crippen LogP contribution < -0.4 is 0 Å². The van der Waals surface area contributed by atoms with E-state index in [1.165, 1.54) is 48.9 Å². The molecule has 2 aromatic heterocycles. The van der Waals surface area contributed by atoms with E-state index in [4.69, 9.17) is 19.8 Å². The van der Waals surface area contributed by atoms with Gasteiger partial charge in [-0.05, 0) is 42.3 Å². The lowest BCUT2D eigenvalue weighted by Crippen LogP contribution is -2.56. The van der Waals surface area contributed by atoms with Crippen LogP contribution in [0.15, 0.2) is 22.2 Å². The summed E-state index contributed by atoms with van der Waals surface area (Å²) >= 11 is 3.57. The summed E-state index contributed by atoms with van der Waals surface area (Å²) < 4.78 is 63.5. The summed E-state index contributed by atoms with van der Waals surface area (Å²) in [7, 11) is 0. The normalized spacial score (nSPS) is 17.7. The molecule has 4 heterocycles. The first-order chi connectivity index (χ1) is 16.1. The van der Waals surface area contributed by atoms with Crippen LogP contribution in [0.1, 0.15) is 22.7 Å². The van der Waals surface area contributed by atoms with Gasteiger partial charge in [-0.3, -0.25) is 9.80 Å². The Morgan fingerprint density at radius 3 is 1.97 bits per heavy atom. The number of nitrogens with zero attached hydrogens (tertiary/aromatic N) is 3. The van der Waals surface area contributed by atoms with Gasteiger partial charge >= 0.3 is 24.3 Å². The quantitative estimate of drug-likeness (QED) is 0.545. The predicted molar refractivity (Wildman–Crippen MR) is 116 cm³/mol. The Morgan fingerprint density at radius 1 is 1.00 bits per heavy atom. The van der Waals surface area contributed by atoms with Gasteiger partial charge in [-0.2, -0.15) is 37.7 Å². The lowest BCUT2D eigenvalue weighted by atomic mass is 9.79. The average Bonchev–Trinajstić information content (AvgIpc) is 3.44. The number of aromatic nitrogens is 1. The van der Waals surface area contributed by atoms with Crippen LogP contribution in [0.5, 0.6) is 0 Å².